The molecule has 0 spiro atoms. The van der Waals surface area contributed by atoms with Crippen LogP contribution in [0.25, 0.3) is 45.5 Å². The molecule has 2 atom stereocenters. The van der Waals surface area contributed by atoms with E-state index in [1.165, 1.54) is 34.6 Å². The van der Waals surface area contributed by atoms with Gasteiger partial charge in [0.15, 0.2) is 0 Å². The zero-order valence-electron chi connectivity index (χ0n) is 31.6. The van der Waals surface area contributed by atoms with Crippen molar-refractivity contribution in [3.05, 3.63) is 172 Å². The van der Waals surface area contributed by atoms with Gasteiger partial charge >= 0.3 is 347 Å². The monoisotopic (exact) mass is 915 g/mol. The van der Waals surface area contributed by atoms with Crippen LogP contribution in [0.15, 0.2) is 139 Å². The van der Waals surface area contributed by atoms with Crippen LogP contribution < -0.4 is 13.6 Å². The van der Waals surface area contributed by atoms with E-state index in [-0.39, 0.29) is 11.1 Å². The molecule has 1 heterocycles. The maximum absolute atomic E-state index is 14.6. The van der Waals surface area contributed by atoms with Crippen LogP contribution in [0.2, 0.25) is 0 Å². The van der Waals surface area contributed by atoms with Crippen LogP contribution in [0.1, 0.15) is 67.3 Å². The summed E-state index contributed by atoms with van der Waals surface area (Å²) in [7, 11) is 16.7. The summed E-state index contributed by atoms with van der Waals surface area (Å²) in [5, 5.41) is 2.45. The number of allylic oxidation sites excluding steroid dienone is 2. The third-order valence-electron chi connectivity index (χ3n) is 12.6. The van der Waals surface area contributed by atoms with E-state index in [1.807, 2.05) is 56.3 Å². The number of alkyl halides is 6. The molecule has 0 saturated heterocycles. The van der Waals surface area contributed by atoms with E-state index in [0.29, 0.717) is 35.1 Å². The summed E-state index contributed by atoms with van der Waals surface area (Å²) in [4.78, 5) is 0. The molecule has 2 unspecified atom stereocenters. The molecule has 58 heavy (non-hydrogen) atoms. The molecule has 0 amide bonds. The molecule has 6 aromatic rings. The van der Waals surface area contributed by atoms with Gasteiger partial charge in [-0.3, -0.25) is 0 Å². The van der Waals surface area contributed by atoms with Crippen LogP contribution in [-0.2, 0) is 28.7 Å². The first-order valence-corrected chi connectivity index (χ1v) is 31.3. The van der Waals surface area contributed by atoms with Gasteiger partial charge in [0.2, 0.25) is 0 Å². The van der Waals surface area contributed by atoms with Crippen molar-refractivity contribution in [2.45, 2.75) is 46.3 Å². The summed E-state index contributed by atoms with van der Waals surface area (Å²) in [6.07, 6.45) is -4.06. The normalized spacial score (nSPS) is 18.2. The minimum absolute atomic E-state index is 0.0787. The molecular weight excluding hydrogens is 881 g/mol. The van der Waals surface area contributed by atoms with Crippen LogP contribution in [0, 0.1) is 0 Å². The fraction of sp³-hybridized carbons (Fsp3) is 0.167. The van der Waals surface area contributed by atoms with Crippen LogP contribution in [0.4, 0.5) is 26.3 Å². The number of hydrogen-bond acceptors (Lipinski definition) is 0. The van der Waals surface area contributed by atoms with Gasteiger partial charge in [-0.2, -0.15) is 0 Å². The van der Waals surface area contributed by atoms with Crippen molar-refractivity contribution in [1.82, 2.24) is 0 Å². The number of rotatable bonds is 7. The summed E-state index contributed by atoms with van der Waals surface area (Å²) in [6, 6.07) is 36.9. The summed E-state index contributed by atoms with van der Waals surface area (Å²) in [6.45, 7) is 4.06. The molecule has 6 aromatic carbocycles. The fourth-order valence-corrected chi connectivity index (χ4v) is 38.5. The van der Waals surface area contributed by atoms with E-state index >= 15 is 0 Å². The zero-order valence-corrected chi connectivity index (χ0v) is 37.0. The van der Waals surface area contributed by atoms with E-state index in [1.54, 1.807) is 36.4 Å². The van der Waals surface area contributed by atoms with Gasteiger partial charge < -0.3 is 0 Å². The number of benzene rings is 6. The van der Waals surface area contributed by atoms with Gasteiger partial charge in [-0.05, 0) is 0 Å². The Morgan fingerprint density at radius 3 is 1.40 bits per heavy atom. The quantitative estimate of drug-likeness (QED) is 0.110. The van der Waals surface area contributed by atoms with Gasteiger partial charge in [0, 0.05) is 0 Å². The van der Waals surface area contributed by atoms with Crippen molar-refractivity contribution < 1.29 is 42.7 Å². The Hall–Kier alpha value is -3.94. The molecule has 2 aliphatic carbocycles. The first-order chi connectivity index (χ1) is 27.7. The average Bonchev–Trinajstić information content (AvgIpc) is 3.92. The Balaban J connectivity index is 1.35. The van der Waals surface area contributed by atoms with Crippen molar-refractivity contribution in [2.24, 2.45) is 0 Å². The van der Waals surface area contributed by atoms with Crippen LogP contribution in [0.5, 0.6) is 0 Å². The van der Waals surface area contributed by atoms with E-state index in [2.05, 4.69) is 24.3 Å². The third kappa shape index (κ3) is 5.95. The molecular formula is C48H37Cl2F6SiZr. The summed E-state index contributed by atoms with van der Waals surface area (Å²) < 4.78 is 87.3. The number of fused-ring (bicyclic) bond motifs is 5. The molecule has 10 heteroatoms. The van der Waals surface area contributed by atoms with Crippen molar-refractivity contribution in [3.63, 3.8) is 0 Å². The Morgan fingerprint density at radius 1 is 0.500 bits per heavy atom. The number of hydrogen-bond donors (Lipinski definition) is 0. The minimum atomic E-state index is -6.03. The molecule has 0 fully saturated rings. The molecule has 0 N–H and O–H groups in total. The Morgan fingerprint density at radius 2 is 0.914 bits per heavy atom. The summed E-state index contributed by atoms with van der Waals surface area (Å²) in [5.41, 5.74) is 6.68. The predicted molar refractivity (Wildman–Crippen MR) is 227 cm³/mol. The van der Waals surface area contributed by atoms with Crippen molar-refractivity contribution in [1.29, 1.82) is 0 Å². The molecule has 0 radical (unpaired) electrons. The van der Waals surface area contributed by atoms with E-state index in [0.717, 1.165) is 48.8 Å². The second-order valence-electron chi connectivity index (χ2n) is 15.5. The summed E-state index contributed by atoms with van der Waals surface area (Å²) >= 11 is -6.03. The second kappa shape index (κ2) is 14.1. The topological polar surface area (TPSA) is 0 Å². The van der Waals surface area contributed by atoms with Crippen molar-refractivity contribution in [3.8, 4) is 33.4 Å². The molecule has 293 valence electrons. The molecule has 1 aliphatic heterocycles. The Kier molecular flexibility index (Phi) is 9.59. The summed E-state index contributed by atoms with van der Waals surface area (Å²) in [5.74, 6) is 0. The molecule has 9 rings (SSSR count). The fourth-order valence-electron chi connectivity index (χ4n) is 10.3. The van der Waals surface area contributed by atoms with Gasteiger partial charge in [0.1, 0.15) is 0 Å². The standard InChI is InChI=1S/2C18H14F3.C12H9Si.2ClH.Zr/c2*1-2-12-10-13-6-5-8-14(16(13)11-12)15-7-3-4-9-17(15)18(19,20)21;1-3-7-11-9(5-1)10-6-2-4-8-12(10)13-11;;;/h2*3-11H,2H2,1H3;1-7H,13H2;2*1H;/q;;;;;+2/p-2. The maximum atomic E-state index is 14.6. The molecule has 0 aromatic heterocycles. The van der Waals surface area contributed by atoms with Gasteiger partial charge in [-0.15, -0.1) is 0 Å². The van der Waals surface area contributed by atoms with Gasteiger partial charge in [-0.1, -0.05) is 0 Å². The number of halogens is 8. The van der Waals surface area contributed by atoms with Crippen molar-refractivity contribution in [2.75, 3.05) is 0 Å². The average molecular weight is 918 g/mol. The van der Waals surface area contributed by atoms with Gasteiger partial charge in [-0.25, -0.2) is 0 Å². The predicted octanol–water partition coefficient (Wildman–Crippen LogP) is 12.9. The second-order valence-corrected chi connectivity index (χ2v) is 38.0. The molecule has 0 saturated carbocycles. The molecule has 3 aliphatic rings. The van der Waals surface area contributed by atoms with E-state index < -0.39 is 56.6 Å². The van der Waals surface area contributed by atoms with E-state index in [9.17, 15) is 26.3 Å². The van der Waals surface area contributed by atoms with Crippen molar-refractivity contribution >= 4 is 52.3 Å². The molecule has 0 bridgehead atoms. The SMILES string of the molecule is CCC1=Cc2c(-c3ccccc3C(F)(F)F)cccc2[CH]1[Zr]([Cl])([Cl])([c]1cccc2c1[SiH2]c1ccccc1-2)[CH]1C(CC)=Cc2c(-c3ccccc3C(F)(F)F)cccc21. The van der Waals surface area contributed by atoms with Gasteiger partial charge in [0.05, 0.1) is 0 Å². The van der Waals surface area contributed by atoms with Crippen LogP contribution in [0.3, 0.4) is 0 Å². The van der Waals surface area contributed by atoms with Crippen LogP contribution >= 0.6 is 17.0 Å². The van der Waals surface area contributed by atoms with Gasteiger partial charge in [0.25, 0.3) is 0 Å². The Labute approximate surface area is 344 Å². The molecule has 0 nitrogen and oxygen atoms in total. The van der Waals surface area contributed by atoms with Crippen LogP contribution in [-0.4, -0.2) is 9.52 Å². The first-order valence-electron chi connectivity index (χ1n) is 19.4. The zero-order chi connectivity index (χ0) is 40.8. The first kappa shape index (κ1) is 39.5. The van der Waals surface area contributed by atoms with E-state index in [4.69, 9.17) is 17.0 Å². The Bertz CT molecular complexity index is 2590. The third-order valence-corrected chi connectivity index (χ3v) is 35.4.